The maximum atomic E-state index is 4.28. The Balaban J connectivity index is 1.84. The maximum Gasteiger partial charge on any atom is 0.158 e. The minimum Gasteiger partial charge on any atom is -0.264 e. The molecule has 0 unspecified atom stereocenters. The fourth-order valence-corrected chi connectivity index (χ4v) is 2.72. The topological polar surface area (TPSA) is 63.1 Å². The van der Waals surface area contributed by atoms with E-state index >= 15 is 0 Å². The molecule has 0 aliphatic rings. The van der Waals surface area contributed by atoms with Crippen molar-refractivity contribution in [1.29, 1.82) is 0 Å². The van der Waals surface area contributed by atoms with E-state index in [0.717, 1.165) is 28.0 Å². The second-order valence-corrected chi connectivity index (χ2v) is 5.28. The number of aromatic nitrogens is 3. The van der Waals surface area contributed by atoms with Crippen LogP contribution in [-0.2, 0) is 6.42 Å². The van der Waals surface area contributed by atoms with Crippen molar-refractivity contribution in [2.24, 2.45) is 5.10 Å². The van der Waals surface area contributed by atoms with Gasteiger partial charge in [-0.1, -0.05) is 13.0 Å². The first kappa shape index (κ1) is 12.7. The molecular formula is C14H13N5S. The van der Waals surface area contributed by atoms with E-state index in [0.29, 0.717) is 0 Å². The highest BCUT2D eigenvalue weighted by Gasteiger charge is 2.06. The standard InChI is InChI=1S/C14H13N5S/c1-2-11-6-12-13(16-9-17-14(12)20-11)19-18-8-10-4-3-5-15-7-10/h3-9H,2H2,1H3,(H,16,17,19). The predicted molar refractivity (Wildman–Crippen MR) is 82.2 cm³/mol. The first-order valence-corrected chi connectivity index (χ1v) is 7.11. The molecule has 1 N–H and O–H groups in total. The van der Waals surface area contributed by atoms with Gasteiger partial charge in [-0.15, -0.1) is 11.3 Å². The van der Waals surface area contributed by atoms with Crippen LogP contribution >= 0.6 is 11.3 Å². The van der Waals surface area contributed by atoms with Crippen molar-refractivity contribution in [1.82, 2.24) is 15.0 Å². The Hall–Kier alpha value is -2.34. The van der Waals surface area contributed by atoms with Crippen molar-refractivity contribution in [2.45, 2.75) is 13.3 Å². The zero-order valence-electron chi connectivity index (χ0n) is 10.9. The molecule has 3 rings (SSSR count). The van der Waals surface area contributed by atoms with E-state index in [-0.39, 0.29) is 0 Å². The van der Waals surface area contributed by atoms with Crippen LogP contribution in [0.2, 0.25) is 0 Å². The van der Waals surface area contributed by atoms with Gasteiger partial charge in [0.05, 0.1) is 11.6 Å². The quantitative estimate of drug-likeness (QED) is 0.590. The number of aryl methyl sites for hydroxylation is 1. The zero-order valence-corrected chi connectivity index (χ0v) is 11.8. The summed E-state index contributed by atoms with van der Waals surface area (Å²) in [5, 5.41) is 5.21. The molecule has 0 bridgehead atoms. The number of thiophene rings is 1. The minimum atomic E-state index is 0.728. The van der Waals surface area contributed by atoms with Crippen molar-refractivity contribution in [3.05, 3.63) is 47.4 Å². The van der Waals surface area contributed by atoms with Gasteiger partial charge < -0.3 is 0 Å². The number of hydrogen-bond acceptors (Lipinski definition) is 6. The smallest absolute Gasteiger partial charge is 0.158 e. The molecule has 0 atom stereocenters. The van der Waals surface area contributed by atoms with Crippen molar-refractivity contribution in [3.8, 4) is 0 Å². The molecule has 20 heavy (non-hydrogen) atoms. The van der Waals surface area contributed by atoms with Gasteiger partial charge in [0, 0.05) is 22.8 Å². The van der Waals surface area contributed by atoms with Crippen molar-refractivity contribution in [2.75, 3.05) is 5.43 Å². The second kappa shape index (κ2) is 5.75. The molecule has 6 heteroatoms. The van der Waals surface area contributed by atoms with E-state index in [4.69, 9.17) is 0 Å². The number of rotatable bonds is 4. The summed E-state index contributed by atoms with van der Waals surface area (Å²) in [5.41, 5.74) is 3.91. The van der Waals surface area contributed by atoms with Crippen LogP contribution in [-0.4, -0.2) is 21.2 Å². The summed E-state index contributed by atoms with van der Waals surface area (Å²) in [6.07, 6.45) is 7.75. The van der Waals surface area contributed by atoms with Gasteiger partial charge in [-0.3, -0.25) is 10.4 Å². The summed E-state index contributed by atoms with van der Waals surface area (Å²) in [6.45, 7) is 2.13. The van der Waals surface area contributed by atoms with Gasteiger partial charge in [0.25, 0.3) is 0 Å². The average Bonchev–Trinajstić information content (AvgIpc) is 2.92. The van der Waals surface area contributed by atoms with Crippen molar-refractivity contribution >= 4 is 33.6 Å². The Kier molecular flexibility index (Phi) is 3.64. The third kappa shape index (κ3) is 2.65. The van der Waals surface area contributed by atoms with E-state index in [1.54, 1.807) is 36.3 Å². The van der Waals surface area contributed by atoms with Gasteiger partial charge >= 0.3 is 0 Å². The molecule has 0 saturated heterocycles. The van der Waals surface area contributed by atoms with Crippen LogP contribution in [0.15, 0.2) is 42.0 Å². The van der Waals surface area contributed by atoms with Gasteiger partial charge in [-0.2, -0.15) is 5.10 Å². The number of pyridine rings is 1. The highest BCUT2D eigenvalue weighted by Crippen LogP contribution is 2.28. The van der Waals surface area contributed by atoms with Crippen molar-refractivity contribution in [3.63, 3.8) is 0 Å². The fourth-order valence-electron chi connectivity index (χ4n) is 1.79. The monoisotopic (exact) mass is 283 g/mol. The van der Waals surface area contributed by atoms with E-state index in [1.807, 2.05) is 12.1 Å². The highest BCUT2D eigenvalue weighted by molar-refractivity contribution is 7.18. The van der Waals surface area contributed by atoms with Crippen LogP contribution in [0, 0.1) is 0 Å². The largest absolute Gasteiger partial charge is 0.264 e. The SMILES string of the molecule is CCc1cc2c(NN=Cc3cccnc3)ncnc2s1. The molecule has 0 aromatic carbocycles. The molecular weight excluding hydrogens is 270 g/mol. The van der Waals surface area contributed by atoms with E-state index in [2.05, 4.69) is 38.5 Å². The molecule has 3 heterocycles. The number of nitrogens with one attached hydrogen (secondary N) is 1. The van der Waals surface area contributed by atoms with Crippen LogP contribution in [0.4, 0.5) is 5.82 Å². The predicted octanol–water partition coefficient (Wildman–Crippen LogP) is 3.09. The first-order chi connectivity index (χ1) is 9.86. The molecule has 0 fully saturated rings. The van der Waals surface area contributed by atoms with Crippen molar-refractivity contribution < 1.29 is 0 Å². The molecule has 0 saturated carbocycles. The Morgan fingerprint density at radius 3 is 3.15 bits per heavy atom. The number of anilines is 1. The first-order valence-electron chi connectivity index (χ1n) is 6.29. The summed E-state index contributed by atoms with van der Waals surface area (Å²) < 4.78 is 0. The van der Waals surface area contributed by atoms with Crippen LogP contribution in [0.1, 0.15) is 17.4 Å². The van der Waals surface area contributed by atoms with Crippen LogP contribution < -0.4 is 5.43 Å². The number of hydrogen-bond donors (Lipinski definition) is 1. The zero-order chi connectivity index (χ0) is 13.8. The number of fused-ring (bicyclic) bond motifs is 1. The molecule has 100 valence electrons. The molecule has 0 aliphatic heterocycles. The third-order valence-electron chi connectivity index (χ3n) is 2.80. The van der Waals surface area contributed by atoms with Gasteiger partial charge in [-0.25, -0.2) is 9.97 Å². The summed E-state index contributed by atoms with van der Waals surface area (Å²) in [5.74, 6) is 0.728. The Morgan fingerprint density at radius 2 is 2.35 bits per heavy atom. The Labute approximate surface area is 120 Å². The van der Waals surface area contributed by atoms with E-state index in [9.17, 15) is 0 Å². The van der Waals surface area contributed by atoms with Crippen LogP contribution in [0.25, 0.3) is 10.2 Å². The molecule has 0 spiro atoms. The number of nitrogens with zero attached hydrogens (tertiary/aromatic N) is 4. The van der Waals surface area contributed by atoms with Gasteiger partial charge in [0.1, 0.15) is 11.2 Å². The Morgan fingerprint density at radius 1 is 1.40 bits per heavy atom. The highest BCUT2D eigenvalue weighted by atomic mass is 32.1. The summed E-state index contributed by atoms with van der Waals surface area (Å²) in [6, 6.07) is 5.92. The van der Waals surface area contributed by atoms with Gasteiger partial charge in [0.2, 0.25) is 0 Å². The average molecular weight is 283 g/mol. The van der Waals surface area contributed by atoms with Gasteiger partial charge in [0.15, 0.2) is 5.82 Å². The molecule has 0 amide bonds. The van der Waals surface area contributed by atoms with Crippen LogP contribution in [0.3, 0.4) is 0 Å². The van der Waals surface area contributed by atoms with Crippen LogP contribution in [0.5, 0.6) is 0 Å². The molecule has 0 aliphatic carbocycles. The van der Waals surface area contributed by atoms with E-state index < -0.39 is 0 Å². The summed E-state index contributed by atoms with van der Waals surface area (Å²) in [7, 11) is 0. The molecule has 3 aromatic heterocycles. The maximum absolute atomic E-state index is 4.28. The minimum absolute atomic E-state index is 0.728. The lowest BCUT2D eigenvalue weighted by Crippen LogP contribution is -1.94. The van der Waals surface area contributed by atoms with E-state index in [1.165, 1.54) is 4.88 Å². The fraction of sp³-hybridized carbons (Fsp3) is 0.143. The Bertz CT molecular complexity index is 736. The molecule has 3 aromatic rings. The third-order valence-corrected chi connectivity index (χ3v) is 3.98. The molecule has 0 radical (unpaired) electrons. The molecule has 5 nitrogen and oxygen atoms in total. The second-order valence-electron chi connectivity index (χ2n) is 4.16. The normalized spacial score (nSPS) is 11.2. The summed E-state index contributed by atoms with van der Waals surface area (Å²) in [4.78, 5) is 14.8. The van der Waals surface area contributed by atoms with Gasteiger partial charge in [-0.05, 0) is 18.6 Å². The summed E-state index contributed by atoms with van der Waals surface area (Å²) >= 11 is 1.69. The lowest BCUT2D eigenvalue weighted by Gasteiger charge is -1.99. The lowest BCUT2D eigenvalue weighted by molar-refractivity contribution is 1.18. The number of hydrazone groups is 1. The lowest BCUT2D eigenvalue weighted by atomic mass is 10.3.